The van der Waals surface area contributed by atoms with Crippen molar-refractivity contribution in [1.82, 2.24) is 25.1 Å². The molecule has 0 atom stereocenters. The topological polar surface area (TPSA) is 60.7 Å². The number of hydrogen-bond donors (Lipinski definition) is 2. The molecule has 1 aliphatic heterocycles. The molecule has 3 heterocycles. The lowest BCUT2D eigenvalue weighted by molar-refractivity contribution is 0.270. The maximum absolute atomic E-state index is 4.76. The molecule has 4 rings (SSSR count). The number of hydrogen-bond acceptors (Lipinski definition) is 4. The average molecular weight is 576 g/mol. The monoisotopic (exact) mass is 575 g/mol. The predicted molar refractivity (Wildman–Crippen MR) is 153 cm³/mol. The van der Waals surface area contributed by atoms with Gasteiger partial charge in [-0.3, -0.25) is 0 Å². The van der Waals surface area contributed by atoms with E-state index in [0.29, 0.717) is 6.54 Å². The molecule has 1 aromatic carbocycles. The quantitative estimate of drug-likeness (QED) is 0.175. The first-order valence-corrected chi connectivity index (χ1v) is 12.2. The van der Waals surface area contributed by atoms with Crippen LogP contribution in [0.5, 0.6) is 0 Å². The molecule has 3 aromatic rings. The SMILES string of the molecule is CCNC(=NCc1ccc(N2CCN(CC)CC2)nc1)NCCCn1ccc2ccccc21.I. The van der Waals surface area contributed by atoms with Crippen LogP contribution in [0, 0.1) is 0 Å². The standard InChI is InChI=1S/C26H37N7.HI/c1-3-27-26(28-13-7-14-32-15-12-23-8-5-6-9-24(23)32)30-21-22-10-11-25(29-20-22)33-18-16-31(4-2)17-19-33;/h5-6,8-12,15,20H,3-4,7,13-14,16-19,21H2,1-2H3,(H2,27,28,30);1H. The number of nitrogens with zero attached hydrogens (tertiary/aromatic N) is 5. The van der Waals surface area contributed by atoms with Crippen LogP contribution < -0.4 is 15.5 Å². The van der Waals surface area contributed by atoms with Crippen molar-refractivity contribution < 1.29 is 0 Å². The number of halogens is 1. The minimum Gasteiger partial charge on any atom is -0.357 e. The molecule has 1 aliphatic rings. The van der Waals surface area contributed by atoms with E-state index in [0.717, 1.165) is 76.1 Å². The van der Waals surface area contributed by atoms with Gasteiger partial charge in [0.2, 0.25) is 0 Å². The predicted octanol–water partition coefficient (Wildman–Crippen LogP) is 3.94. The number of nitrogens with one attached hydrogen (secondary N) is 2. The Kier molecular flexibility index (Phi) is 10.5. The van der Waals surface area contributed by atoms with Crippen molar-refractivity contribution >= 4 is 46.7 Å². The number of piperazine rings is 1. The van der Waals surface area contributed by atoms with Gasteiger partial charge in [-0.1, -0.05) is 31.2 Å². The van der Waals surface area contributed by atoms with Gasteiger partial charge in [-0.15, -0.1) is 24.0 Å². The number of fused-ring (bicyclic) bond motifs is 1. The molecule has 7 nitrogen and oxygen atoms in total. The van der Waals surface area contributed by atoms with E-state index >= 15 is 0 Å². The van der Waals surface area contributed by atoms with Gasteiger partial charge >= 0.3 is 0 Å². The largest absolute Gasteiger partial charge is 0.357 e. The molecule has 8 heteroatoms. The summed E-state index contributed by atoms with van der Waals surface area (Å²) >= 11 is 0. The van der Waals surface area contributed by atoms with Crippen LogP contribution in [0.25, 0.3) is 10.9 Å². The Morgan fingerprint density at radius 1 is 1.00 bits per heavy atom. The van der Waals surface area contributed by atoms with Gasteiger partial charge in [0.15, 0.2) is 5.96 Å². The minimum absolute atomic E-state index is 0. The molecule has 34 heavy (non-hydrogen) atoms. The summed E-state index contributed by atoms with van der Waals surface area (Å²) in [6.07, 6.45) is 5.17. The number of guanidine groups is 1. The van der Waals surface area contributed by atoms with Crippen LogP contribution in [0.4, 0.5) is 5.82 Å². The first-order chi connectivity index (χ1) is 16.3. The molecule has 0 bridgehead atoms. The van der Waals surface area contributed by atoms with Crippen molar-refractivity contribution in [2.24, 2.45) is 4.99 Å². The fraction of sp³-hybridized carbons (Fsp3) is 0.462. The molecule has 0 amide bonds. The van der Waals surface area contributed by atoms with E-state index in [1.165, 1.54) is 10.9 Å². The van der Waals surface area contributed by atoms with Crippen molar-refractivity contribution in [3.63, 3.8) is 0 Å². The lowest BCUT2D eigenvalue weighted by Gasteiger charge is -2.34. The van der Waals surface area contributed by atoms with Crippen LogP contribution in [0.15, 0.2) is 59.9 Å². The second kappa shape index (κ2) is 13.5. The Balaban J connectivity index is 0.00000324. The Morgan fingerprint density at radius 2 is 1.82 bits per heavy atom. The third kappa shape index (κ3) is 7.09. The summed E-state index contributed by atoms with van der Waals surface area (Å²) in [6.45, 7) is 13.1. The summed E-state index contributed by atoms with van der Waals surface area (Å²) < 4.78 is 2.32. The van der Waals surface area contributed by atoms with E-state index in [4.69, 9.17) is 9.98 Å². The van der Waals surface area contributed by atoms with Gasteiger partial charge in [0.05, 0.1) is 6.54 Å². The van der Waals surface area contributed by atoms with E-state index in [1.54, 1.807) is 0 Å². The van der Waals surface area contributed by atoms with Crippen LogP contribution in [0.2, 0.25) is 0 Å². The van der Waals surface area contributed by atoms with Gasteiger partial charge in [0.25, 0.3) is 0 Å². The number of aryl methyl sites for hydroxylation is 1. The number of aliphatic imine (C=N–C) groups is 1. The maximum atomic E-state index is 4.76. The van der Waals surface area contributed by atoms with Crippen LogP contribution in [-0.4, -0.2) is 66.2 Å². The molecular formula is C26H38IN7. The number of para-hydroxylation sites is 1. The lowest BCUT2D eigenvalue weighted by Crippen LogP contribution is -2.46. The molecule has 0 aliphatic carbocycles. The zero-order chi connectivity index (χ0) is 22.9. The number of benzene rings is 1. The minimum atomic E-state index is 0. The smallest absolute Gasteiger partial charge is 0.191 e. The average Bonchev–Trinajstić information content (AvgIpc) is 3.28. The lowest BCUT2D eigenvalue weighted by atomic mass is 10.2. The summed E-state index contributed by atoms with van der Waals surface area (Å²) in [6, 6.07) is 15.0. The highest BCUT2D eigenvalue weighted by molar-refractivity contribution is 14.0. The third-order valence-corrected chi connectivity index (χ3v) is 6.27. The summed E-state index contributed by atoms with van der Waals surface area (Å²) in [5.41, 5.74) is 2.42. The fourth-order valence-corrected chi connectivity index (χ4v) is 4.29. The van der Waals surface area contributed by atoms with E-state index in [2.05, 4.69) is 87.5 Å². The Hall–Kier alpha value is -2.33. The van der Waals surface area contributed by atoms with E-state index in [9.17, 15) is 0 Å². The fourth-order valence-electron chi connectivity index (χ4n) is 4.29. The zero-order valence-electron chi connectivity index (χ0n) is 20.4. The summed E-state index contributed by atoms with van der Waals surface area (Å²) in [4.78, 5) is 14.3. The number of anilines is 1. The molecule has 2 aromatic heterocycles. The number of rotatable bonds is 9. The van der Waals surface area contributed by atoms with Gasteiger partial charge in [0.1, 0.15) is 5.82 Å². The number of aromatic nitrogens is 2. The Bertz CT molecular complexity index is 1020. The van der Waals surface area contributed by atoms with Crippen LogP contribution in [0.1, 0.15) is 25.8 Å². The van der Waals surface area contributed by atoms with Gasteiger partial charge in [0, 0.05) is 63.7 Å². The number of pyridine rings is 1. The highest BCUT2D eigenvalue weighted by atomic mass is 127. The summed E-state index contributed by atoms with van der Waals surface area (Å²) in [5, 5.41) is 8.11. The van der Waals surface area contributed by atoms with Crippen molar-refractivity contribution in [2.75, 3.05) is 50.7 Å². The molecule has 0 unspecified atom stereocenters. The van der Waals surface area contributed by atoms with Gasteiger partial charge in [-0.25, -0.2) is 9.98 Å². The molecule has 1 saturated heterocycles. The summed E-state index contributed by atoms with van der Waals surface area (Å²) in [7, 11) is 0. The normalized spacial score (nSPS) is 14.8. The third-order valence-electron chi connectivity index (χ3n) is 6.27. The van der Waals surface area contributed by atoms with E-state index in [-0.39, 0.29) is 24.0 Å². The molecule has 0 spiro atoms. The van der Waals surface area contributed by atoms with E-state index < -0.39 is 0 Å². The van der Waals surface area contributed by atoms with Crippen molar-refractivity contribution in [2.45, 2.75) is 33.4 Å². The maximum Gasteiger partial charge on any atom is 0.191 e. The van der Waals surface area contributed by atoms with Crippen molar-refractivity contribution in [3.8, 4) is 0 Å². The Labute approximate surface area is 220 Å². The summed E-state index contributed by atoms with van der Waals surface area (Å²) in [5.74, 6) is 1.93. The van der Waals surface area contributed by atoms with Crippen LogP contribution in [-0.2, 0) is 13.1 Å². The Morgan fingerprint density at radius 3 is 2.56 bits per heavy atom. The highest BCUT2D eigenvalue weighted by Crippen LogP contribution is 2.16. The molecular weight excluding hydrogens is 537 g/mol. The molecule has 1 fully saturated rings. The van der Waals surface area contributed by atoms with Gasteiger partial charge < -0.3 is 25.0 Å². The second-order valence-corrected chi connectivity index (χ2v) is 8.49. The zero-order valence-corrected chi connectivity index (χ0v) is 22.7. The van der Waals surface area contributed by atoms with Crippen molar-refractivity contribution in [1.29, 1.82) is 0 Å². The van der Waals surface area contributed by atoms with Crippen LogP contribution >= 0.6 is 24.0 Å². The first-order valence-electron chi connectivity index (χ1n) is 12.2. The first kappa shape index (κ1) is 26.3. The van der Waals surface area contributed by atoms with Gasteiger partial charge in [-0.05, 0) is 49.0 Å². The molecule has 0 saturated carbocycles. The second-order valence-electron chi connectivity index (χ2n) is 8.49. The highest BCUT2D eigenvalue weighted by Gasteiger charge is 2.16. The van der Waals surface area contributed by atoms with Crippen molar-refractivity contribution in [3.05, 3.63) is 60.4 Å². The molecule has 2 N–H and O–H groups in total. The van der Waals surface area contributed by atoms with Gasteiger partial charge in [-0.2, -0.15) is 0 Å². The van der Waals surface area contributed by atoms with E-state index in [1.807, 2.05) is 6.20 Å². The number of likely N-dealkylation sites (N-methyl/N-ethyl adjacent to an activating group) is 1. The molecule has 184 valence electrons. The van der Waals surface area contributed by atoms with Crippen LogP contribution in [0.3, 0.4) is 0 Å². The molecule has 0 radical (unpaired) electrons.